The van der Waals surface area contributed by atoms with Gasteiger partial charge in [0.05, 0.1) is 0 Å². The summed E-state index contributed by atoms with van der Waals surface area (Å²) in [6.07, 6.45) is 0. The molecule has 0 aliphatic carbocycles. The van der Waals surface area contributed by atoms with Gasteiger partial charge in [-0.15, -0.1) is 0 Å². The topological polar surface area (TPSA) is 70.2 Å². The van der Waals surface area contributed by atoms with Gasteiger partial charge in [0.1, 0.15) is 0 Å². The van der Waals surface area contributed by atoms with Gasteiger partial charge in [-0.3, -0.25) is 9.59 Å². The minimum Gasteiger partial charge on any atom is -0.351 e. The molecule has 0 heterocycles. The second-order valence-corrected chi connectivity index (χ2v) is 3.82. The van der Waals surface area contributed by atoms with Crippen LogP contribution in [0.4, 0.5) is 0 Å². The molecular formula is C12H21N3O2. The maximum atomic E-state index is 11.1. The minimum absolute atomic E-state index is 0.137. The molecule has 0 spiro atoms. The van der Waals surface area contributed by atoms with E-state index in [-0.39, 0.29) is 11.8 Å². The maximum absolute atomic E-state index is 11.1. The fourth-order valence-corrected chi connectivity index (χ4v) is 0.956. The third kappa shape index (κ3) is 8.21. The predicted molar refractivity (Wildman–Crippen MR) is 68.5 cm³/mol. The highest BCUT2D eigenvalue weighted by atomic mass is 16.2. The zero-order valence-electron chi connectivity index (χ0n) is 10.6. The summed E-state index contributed by atoms with van der Waals surface area (Å²) in [7, 11) is 0. The second-order valence-electron chi connectivity index (χ2n) is 3.82. The largest absolute Gasteiger partial charge is 0.351 e. The molecule has 5 nitrogen and oxygen atoms in total. The average Bonchev–Trinajstić information content (AvgIpc) is 2.26. The van der Waals surface area contributed by atoms with Crippen LogP contribution >= 0.6 is 0 Å². The fourth-order valence-electron chi connectivity index (χ4n) is 0.956. The van der Waals surface area contributed by atoms with E-state index < -0.39 is 0 Å². The summed E-state index contributed by atoms with van der Waals surface area (Å²) in [6.45, 7) is 12.8. The molecule has 0 unspecified atom stereocenters. The zero-order valence-corrected chi connectivity index (χ0v) is 10.6. The lowest BCUT2D eigenvalue weighted by atomic mass is 10.3. The molecule has 2 amide bonds. The quantitative estimate of drug-likeness (QED) is 0.411. The molecule has 17 heavy (non-hydrogen) atoms. The molecule has 0 aliphatic heterocycles. The first-order valence-electron chi connectivity index (χ1n) is 5.53. The van der Waals surface area contributed by atoms with Crippen LogP contribution in [0.1, 0.15) is 13.8 Å². The van der Waals surface area contributed by atoms with Gasteiger partial charge in [0.25, 0.3) is 0 Å². The van der Waals surface area contributed by atoms with Crippen molar-refractivity contribution in [1.82, 2.24) is 16.0 Å². The van der Waals surface area contributed by atoms with Crippen LogP contribution in [-0.4, -0.2) is 38.0 Å². The third-order valence-corrected chi connectivity index (χ3v) is 1.95. The Labute approximate surface area is 102 Å². The Kier molecular flexibility index (Phi) is 7.71. The fraction of sp³-hybridized carbons (Fsp3) is 0.500. The van der Waals surface area contributed by atoms with Gasteiger partial charge in [-0.25, -0.2) is 0 Å². The van der Waals surface area contributed by atoms with Crippen LogP contribution in [0.3, 0.4) is 0 Å². The van der Waals surface area contributed by atoms with Gasteiger partial charge < -0.3 is 16.0 Å². The molecule has 0 atom stereocenters. The van der Waals surface area contributed by atoms with Crippen molar-refractivity contribution >= 4 is 11.8 Å². The smallest absolute Gasteiger partial charge is 0.246 e. The van der Waals surface area contributed by atoms with E-state index in [2.05, 4.69) is 29.1 Å². The van der Waals surface area contributed by atoms with Crippen LogP contribution < -0.4 is 16.0 Å². The van der Waals surface area contributed by atoms with Crippen molar-refractivity contribution in [2.75, 3.05) is 26.2 Å². The number of hydrogen-bond donors (Lipinski definition) is 3. The van der Waals surface area contributed by atoms with Crippen LogP contribution in [0.2, 0.25) is 0 Å². The number of amides is 2. The van der Waals surface area contributed by atoms with Gasteiger partial charge in [-0.05, 0) is 13.8 Å². The van der Waals surface area contributed by atoms with E-state index in [1.54, 1.807) is 13.8 Å². The highest BCUT2D eigenvalue weighted by Crippen LogP contribution is 1.84. The van der Waals surface area contributed by atoms with Crippen molar-refractivity contribution in [1.29, 1.82) is 0 Å². The van der Waals surface area contributed by atoms with Gasteiger partial charge >= 0.3 is 0 Å². The molecule has 0 aliphatic rings. The Morgan fingerprint density at radius 2 is 1.18 bits per heavy atom. The van der Waals surface area contributed by atoms with Gasteiger partial charge in [-0.2, -0.15) is 0 Å². The predicted octanol–water partition coefficient (Wildman–Crippen LogP) is -0.0394. The Morgan fingerprint density at radius 1 is 0.824 bits per heavy atom. The lowest BCUT2D eigenvalue weighted by Gasteiger charge is -2.07. The van der Waals surface area contributed by atoms with Crippen LogP contribution in [0.15, 0.2) is 24.3 Å². The molecule has 0 saturated heterocycles. The molecule has 5 heteroatoms. The van der Waals surface area contributed by atoms with Crippen molar-refractivity contribution in [2.45, 2.75) is 13.8 Å². The van der Waals surface area contributed by atoms with E-state index in [0.717, 1.165) is 0 Å². The molecule has 3 N–H and O–H groups in total. The van der Waals surface area contributed by atoms with E-state index in [4.69, 9.17) is 0 Å². The number of carbonyl (C=O) groups excluding carboxylic acids is 2. The van der Waals surface area contributed by atoms with E-state index in [1.165, 1.54) is 0 Å². The van der Waals surface area contributed by atoms with Crippen molar-refractivity contribution in [3.05, 3.63) is 24.3 Å². The summed E-state index contributed by atoms with van der Waals surface area (Å²) in [4.78, 5) is 22.2. The Hall–Kier alpha value is -1.62. The first-order chi connectivity index (χ1) is 7.95. The van der Waals surface area contributed by atoms with Crippen LogP contribution in [0.5, 0.6) is 0 Å². The third-order valence-electron chi connectivity index (χ3n) is 1.95. The molecule has 0 saturated carbocycles. The van der Waals surface area contributed by atoms with Gasteiger partial charge in [-0.1, -0.05) is 13.2 Å². The van der Waals surface area contributed by atoms with Crippen LogP contribution in [-0.2, 0) is 9.59 Å². The SMILES string of the molecule is C=C(C)C(=O)NCCNCCNC(=O)C(=C)C. The lowest BCUT2D eigenvalue weighted by Crippen LogP contribution is -2.36. The normalized spacial score (nSPS) is 9.53. The minimum atomic E-state index is -0.137. The summed E-state index contributed by atoms with van der Waals surface area (Å²) >= 11 is 0. The van der Waals surface area contributed by atoms with Crippen LogP contribution in [0.25, 0.3) is 0 Å². The van der Waals surface area contributed by atoms with Crippen LogP contribution in [0, 0.1) is 0 Å². The highest BCUT2D eigenvalue weighted by molar-refractivity contribution is 5.92. The number of carbonyl (C=O) groups is 2. The molecule has 0 aromatic carbocycles. The molecular weight excluding hydrogens is 218 g/mol. The highest BCUT2D eigenvalue weighted by Gasteiger charge is 2.00. The molecule has 0 rings (SSSR count). The Morgan fingerprint density at radius 3 is 1.47 bits per heavy atom. The molecule has 0 bridgehead atoms. The Bertz CT molecular complexity index is 281. The van der Waals surface area contributed by atoms with Crippen molar-refractivity contribution in [2.24, 2.45) is 0 Å². The summed E-state index contributed by atoms with van der Waals surface area (Å²) < 4.78 is 0. The Balaban J connectivity index is 3.36. The van der Waals surface area contributed by atoms with E-state index in [1.807, 2.05) is 0 Å². The molecule has 0 aromatic rings. The van der Waals surface area contributed by atoms with E-state index in [0.29, 0.717) is 37.3 Å². The summed E-state index contributed by atoms with van der Waals surface area (Å²) in [5.41, 5.74) is 0.998. The standard InChI is InChI=1S/C12H21N3O2/c1-9(2)11(16)14-7-5-13-6-8-15-12(17)10(3)4/h13H,1,3,5-8H2,2,4H3,(H,14,16)(H,15,17). The zero-order chi connectivity index (χ0) is 13.3. The van der Waals surface area contributed by atoms with Gasteiger partial charge in [0.2, 0.25) is 11.8 Å². The summed E-state index contributed by atoms with van der Waals surface area (Å²) in [6, 6.07) is 0. The number of rotatable bonds is 8. The first-order valence-corrected chi connectivity index (χ1v) is 5.53. The van der Waals surface area contributed by atoms with Gasteiger partial charge in [0, 0.05) is 37.3 Å². The monoisotopic (exact) mass is 239 g/mol. The van der Waals surface area contributed by atoms with E-state index >= 15 is 0 Å². The van der Waals surface area contributed by atoms with Crippen molar-refractivity contribution in [3.63, 3.8) is 0 Å². The first kappa shape index (κ1) is 15.4. The summed E-state index contributed by atoms with van der Waals surface area (Å²) in [5.74, 6) is -0.273. The molecule has 0 aromatic heterocycles. The average molecular weight is 239 g/mol. The number of nitrogens with one attached hydrogen (secondary N) is 3. The molecule has 0 fully saturated rings. The van der Waals surface area contributed by atoms with E-state index in [9.17, 15) is 9.59 Å². The van der Waals surface area contributed by atoms with Crippen molar-refractivity contribution in [3.8, 4) is 0 Å². The molecule has 0 radical (unpaired) electrons. The lowest BCUT2D eigenvalue weighted by molar-refractivity contribution is -0.118. The maximum Gasteiger partial charge on any atom is 0.246 e. The number of hydrogen-bond acceptors (Lipinski definition) is 3. The van der Waals surface area contributed by atoms with Gasteiger partial charge in [0.15, 0.2) is 0 Å². The van der Waals surface area contributed by atoms with Crippen molar-refractivity contribution < 1.29 is 9.59 Å². The molecule has 96 valence electrons. The second kappa shape index (κ2) is 8.52. The summed E-state index contributed by atoms with van der Waals surface area (Å²) in [5, 5.41) is 8.48.